The van der Waals surface area contributed by atoms with Crippen LogP contribution in [0.2, 0.25) is 0 Å². The Labute approximate surface area is 157 Å². The van der Waals surface area contributed by atoms with E-state index in [0.29, 0.717) is 19.8 Å². The molecule has 1 aliphatic rings. The molecule has 0 aliphatic carbocycles. The van der Waals surface area contributed by atoms with E-state index in [0.717, 1.165) is 39.1 Å². The topological polar surface area (TPSA) is 35.9 Å². The molecule has 0 bridgehead atoms. The molecule has 1 fully saturated rings. The quantitative estimate of drug-likeness (QED) is 0.702. The molecule has 3 rings (SSSR count). The SMILES string of the molecule is OC(COCCc1ccccc1)CN1CCN(Cc2ccccc2)CC1. The van der Waals surface area contributed by atoms with Crippen molar-refractivity contribution in [2.24, 2.45) is 0 Å². The molecule has 1 unspecified atom stereocenters. The minimum absolute atomic E-state index is 0.411. The summed E-state index contributed by atoms with van der Waals surface area (Å²) >= 11 is 0. The largest absolute Gasteiger partial charge is 0.389 e. The maximum absolute atomic E-state index is 10.2. The van der Waals surface area contributed by atoms with Gasteiger partial charge in [0.15, 0.2) is 0 Å². The number of hydrogen-bond donors (Lipinski definition) is 1. The number of ether oxygens (including phenoxy) is 1. The van der Waals surface area contributed by atoms with Gasteiger partial charge in [0, 0.05) is 39.3 Å². The highest BCUT2D eigenvalue weighted by molar-refractivity contribution is 5.15. The van der Waals surface area contributed by atoms with Gasteiger partial charge < -0.3 is 9.84 Å². The molecular weight excluding hydrogens is 324 g/mol. The molecule has 4 heteroatoms. The second-order valence-corrected chi connectivity index (χ2v) is 7.03. The van der Waals surface area contributed by atoms with E-state index in [2.05, 4.69) is 52.3 Å². The smallest absolute Gasteiger partial charge is 0.0900 e. The molecule has 26 heavy (non-hydrogen) atoms. The lowest BCUT2D eigenvalue weighted by molar-refractivity contribution is 0.00735. The maximum atomic E-state index is 10.2. The summed E-state index contributed by atoms with van der Waals surface area (Å²) in [7, 11) is 0. The van der Waals surface area contributed by atoms with Crippen LogP contribution in [0.1, 0.15) is 11.1 Å². The van der Waals surface area contributed by atoms with Crippen molar-refractivity contribution in [1.82, 2.24) is 9.80 Å². The lowest BCUT2D eigenvalue weighted by atomic mass is 10.2. The average Bonchev–Trinajstić information content (AvgIpc) is 2.68. The Morgan fingerprint density at radius 3 is 2.04 bits per heavy atom. The van der Waals surface area contributed by atoms with E-state index in [1.165, 1.54) is 11.1 Å². The molecule has 1 atom stereocenters. The molecular formula is C22H30N2O2. The lowest BCUT2D eigenvalue weighted by Crippen LogP contribution is -2.48. The molecule has 0 aromatic heterocycles. The van der Waals surface area contributed by atoms with Gasteiger partial charge in [-0.3, -0.25) is 9.80 Å². The van der Waals surface area contributed by atoms with Gasteiger partial charge in [0.25, 0.3) is 0 Å². The van der Waals surface area contributed by atoms with Crippen molar-refractivity contribution in [2.45, 2.75) is 19.1 Å². The van der Waals surface area contributed by atoms with Gasteiger partial charge in [-0.2, -0.15) is 0 Å². The van der Waals surface area contributed by atoms with Crippen LogP contribution in [0, 0.1) is 0 Å². The number of nitrogens with zero attached hydrogens (tertiary/aromatic N) is 2. The minimum Gasteiger partial charge on any atom is -0.389 e. The molecule has 1 heterocycles. The second kappa shape index (κ2) is 10.4. The van der Waals surface area contributed by atoms with E-state index >= 15 is 0 Å². The molecule has 4 nitrogen and oxygen atoms in total. The van der Waals surface area contributed by atoms with Crippen molar-refractivity contribution in [3.8, 4) is 0 Å². The molecule has 1 saturated heterocycles. The Bertz CT molecular complexity index is 613. The molecule has 0 amide bonds. The third-order valence-corrected chi connectivity index (χ3v) is 4.87. The van der Waals surface area contributed by atoms with Gasteiger partial charge in [-0.05, 0) is 17.5 Å². The van der Waals surface area contributed by atoms with Crippen LogP contribution in [0.25, 0.3) is 0 Å². The Morgan fingerprint density at radius 2 is 1.38 bits per heavy atom. The van der Waals surface area contributed by atoms with E-state index in [1.54, 1.807) is 0 Å². The van der Waals surface area contributed by atoms with Crippen LogP contribution in [-0.4, -0.2) is 66.9 Å². The summed E-state index contributed by atoms with van der Waals surface area (Å²) in [5, 5.41) is 10.2. The first-order chi connectivity index (χ1) is 12.8. The first-order valence-electron chi connectivity index (χ1n) is 9.58. The molecule has 0 spiro atoms. The normalized spacial score (nSPS) is 17.3. The van der Waals surface area contributed by atoms with Gasteiger partial charge in [0.2, 0.25) is 0 Å². The first kappa shape index (κ1) is 19.1. The van der Waals surface area contributed by atoms with Crippen LogP contribution in [0.4, 0.5) is 0 Å². The molecule has 0 radical (unpaired) electrons. The van der Waals surface area contributed by atoms with Crippen LogP contribution >= 0.6 is 0 Å². The van der Waals surface area contributed by atoms with Crippen LogP contribution < -0.4 is 0 Å². The number of aliphatic hydroxyl groups is 1. The molecule has 2 aromatic rings. The Morgan fingerprint density at radius 1 is 0.808 bits per heavy atom. The highest BCUT2D eigenvalue weighted by atomic mass is 16.5. The first-order valence-corrected chi connectivity index (χ1v) is 9.58. The van der Waals surface area contributed by atoms with Crippen LogP contribution in [0.15, 0.2) is 60.7 Å². The highest BCUT2D eigenvalue weighted by Gasteiger charge is 2.19. The van der Waals surface area contributed by atoms with Gasteiger partial charge in [-0.1, -0.05) is 60.7 Å². The standard InChI is InChI=1S/C22H30N2O2/c25-22(19-26-16-11-20-7-3-1-4-8-20)18-24-14-12-23(13-15-24)17-21-9-5-2-6-10-21/h1-10,22,25H,11-19H2. The summed E-state index contributed by atoms with van der Waals surface area (Å²) in [4.78, 5) is 4.82. The fourth-order valence-electron chi connectivity index (χ4n) is 3.38. The van der Waals surface area contributed by atoms with Crippen molar-refractivity contribution >= 4 is 0 Å². The average molecular weight is 354 g/mol. The van der Waals surface area contributed by atoms with Gasteiger partial charge >= 0.3 is 0 Å². The van der Waals surface area contributed by atoms with Gasteiger partial charge in [0.1, 0.15) is 0 Å². The zero-order valence-electron chi connectivity index (χ0n) is 15.5. The predicted molar refractivity (Wildman–Crippen MR) is 105 cm³/mol. The molecule has 1 aliphatic heterocycles. The molecule has 1 N–H and O–H groups in total. The Balaban J connectivity index is 1.28. The van der Waals surface area contributed by atoms with E-state index in [9.17, 15) is 5.11 Å². The minimum atomic E-state index is -0.411. The fourth-order valence-corrected chi connectivity index (χ4v) is 3.38. The van der Waals surface area contributed by atoms with Crippen molar-refractivity contribution in [3.05, 3.63) is 71.8 Å². The van der Waals surface area contributed by atoms with Crippen LogP contribution in [0.3, 0.4) is 0 Å². The highest BCUT2D eigenvalue weighted by Crippen LogP contribution is 2.09. The van der Waals surface area contributed by atoms with Crippen molar-refractivity contribution in [1.29, 1.82) is 0 Å². The number of hydrogen-bond acceptors (Lipinski definition) is 4. The van der Waals surface area contributed by atoms with Crippen molar-refractivity contribution in [2.75, 3.05) is 45.9 Å². The summed E-state index contributed by atoms with van der Waals surface area (Å²) < 4.78 is 5.65. The number of aliphatic hydroxyl groups excluding tert-OH is 1. The number of rotatable bonds is 9. The van der Waals surface area contributed by atoms with E-state index in [4.69, 9.17) is 4.74 Å². The summed E-state index contributed by atoms with van der Waals surface area (Å²) in [5.41, 5.74) is 2.64. The van der Waals surface area contributed by atoms with E-state index in [-0.39, 0.29) is 0 Å². The van der Waals surface area contributed by atoms with E-state index < -0.39 is 6.10 Å². The van der Waals surface area contributed by atoms with Crippen LogP contribution in [-0.2, 0) is 17.7 Å². The third-order valence-electron chi connectivity index (χ3n) is 4.87. The predicted octanol–water partition coefficient (Wildman–Crippen LogP) is 2.42. The van der Waals surface area contributed by atoms with Gasteiger partial charge in [0.05, 0.1) is 19.3 Å². The zero-order chi connectivity index (χ0) is 18.0. The lowest BCUT2D eigenvalue weighted by Gasteiger charge is -2.35. The van der Waals surface area contributed by atoms with Crippen LogP contribution in [0.5, 0.6) is 0 Å². The number of β-amino-alcohol motifs (C(OH)–C–C–N with tert-alkyl or cyclic N) is 1. The summed E-state index contributed by atoms with van der Waals surface area (Å²) in [6.45, 7) is 6.90. The van der Waals surface area contributed by atoms with Gasteiger partial charge in [-0.25, -0.2) is 0 Å². The zero-order valence-corrected chi connectivity index (χ0v) is 15.5. The second-order valence-electron chi connectivity index (χ2n) is 7.03. The molecule has 0 saturated carbocycles. The number of benzene rings is 2. The Hall–Kier alpha value is -1.72. The van der Waals surface area contributed by atoms with Gasteiger partial charge in [-0.15, -0.1) is 0 Å². The Kier molecular flexibility index (Phi) is 7.65. The van der Waals surface area contributed by atoms with Crippen molar-refractivity contribution < 1.29 is 9.84 Å². The summed E-state index contributed by atoms with van der Waals surface area (Å²) in [6.07, 6.45) is 0.484. The monoisotopic (exact) mass is 354 g/mol. The summed E-state index contributed by atoms with van der Waals surface area (Å²) in [5.74, 6) is 0. The summed E-state index contributed by atoms with van der Waals surface area (Å²) in [6, 6.07) is 20.9. The molecule has 2 aromatic carbocycles. The number of piperazine rings is 1. The maximum Gasteiger partial charge on any atom is 0.0900 e. The molecule has 140 valence electrons. The van der Waals surface area contributed by atoms with E-state index in [1.807, 2.05) is 18.2 Å². The fraction of sp³-hybridized carbons (Fsp3) is 0.455. The third kappa shape index (κ3) is 6.54. The van der Waals surface area contributed by atoms with Crippen molar-refractivity contribution in [3.63, 3.8) is 0 Å².